The Hall–Kier alpha value is -4.17. The van der Waals surface area contributed by atoms with Crippen LogP contribution in [0.25, 0.3) is 5.76 Å². The molecule has 9 heteroatoms. The summed E-state index contributed by atoms with van der Waals surface area (Å²) in [5.41, 5.74) is 1.69. The molecular formula is C28H26ClNO7. The van der Waals surface area contributed by atoms with Crippen LogP contribution < -0.4 is 23.8 Å². The standard InChI is InChI=1S/C28H26ClNO7/c1-15-19(29)7-6-8-20(15)30-25(16-9-12-21(35-3)23(13-16)37-5)24(27(32)28(30)33)26(31)18-11-10-17(34-2)14-22(18)36-4/h6-14,25,31H,1-5H3/b26-24+. The Morgan fingerprint density at radius 1 is 0.865 bits per heavy atom. The number of nitrogens with zero attached hydrogens (tertiary/aromatic N) is 1. The van der Waals surface area contributed by atoms with Gasteiger partial charge in [-0.1, -0.05) is 23.7 Å². The number of carbonyl (C=O) groups is 2. The quantitative estimate of drug-likeness (QED) is 0.255. The largest absolute Gasteiger partial charge is 0.507 e. The third-order valence-corrected chi connectivity index (χ3v) is 6.74. The first-order chi connectivity index (χ1) is 17.8. The van der Waals surface area contributed by atoms with Crippen LogP contribution in [0.5, 0.6) is 23.0 Å². The van der Waals surface area contributed by atoms with Crippen LogP contribution in [-0.2, 0) is 9.59 Å². The number of carbonyl (C=O) groups excluding carboxylic acids is 2. The number of aliphatic hydroxyl groups is 1. The van der Waals surface area contributed by atoms with E-state index < -0.39 is 17.7 Å². The zero-order valence-electron chi connectivity index (χ0n) is 21.0. The van der Waals surface area contributed by atoms with Crippen molar-refractivity contribution in [3.63, 3.8) is 0 Å². The number of hydrogen-bond donors (Lipinski definition) is 1. The summed E-state index contributed by atoms with van der Waals surface area (Å²) >= 11 is 6.37. The molecule has 1 heterocycles. The molecule has 0 aliphatic carbocycles. The number of amides is 1. The molecule has 1 atom stereocenters. The third kappa shape index (κ3) is 4.44. The van der Waals surface area contributed by atoms with Gasteiger partial charge in [0.25, 0.3) is 11.7 Å². The first-order valence-electron chi connectivity index (χ1n) is 11.3. The topological polar surface area (TPSA) is 94.5 Å². The molecule has 1 unspecified atom stereocenters. The van der Waals surface area contributed by atoms with Crippen LogP contribution >= 0.6 is 11.6 Å². The summed E-state index contributed by atoms with van der Waals surface area (Å²) in [6.45, 7) is 1.76. The van der Waals surface area contributed by atoms with Gasteiger partial charge in [0.05, 0.1) is 45.6 Å². The second-order valence-electron chi connectivity index (χ2n) is 8.23. The van der Waals surface area contributed by atoms with E-state index in [1.165, 1.54) is 33.3 Å². The molecule has 1 fully saturated rings. The molecule has 3 aromatic rings. The molecule has 1 amide bonds. The second kappa shape index (κ2) is 10.4. The van der Waals surface area contributed by atoms with Crippen molar-refractivity contribution in [3.05, 3.63) is 81.9 Å². The van der Waals surface area contributed by atoms with Crippen LogP contribution in [-0.4, -0.2) is 45.2 Å². The molecular weight excluding hydrogens is 498 g/mol. The van der Waals surface area contributed by atoms with Crippen molar-refractivity contribution < 1.29 is 33.6 Å². The highest BCUT2D eigenvalue weighted by atomic mass is 35.5. The zero-order chi connectivity index (χ0) is 26.9. The predicted octanol–water partition coefficient (Wildman–Crippen LogP) is 5.31. The number of Topliss-reactive ketones (excluding diaryl/α,β-unsaturated/α-hetero) is 1. The molecule has 0 spiro atoms. The van der Waals surface area contributed by atoms with E-state index in [0.717, 1.165) is 0 Å². The highest BCUT2D eigenvalue weighted by Gasteiger charge is 2.48. The molecule has 1 aliphatic heterocycles. The Balaban J connectivity index is 2.02. The Morgan fingerprint density at radius 3 is 2.22 bits per heavy atom. The minimum absolute atomic E-state index is 0.111. The Bertz CT molecular complexity index is 1420. The molecule has 0 bridgehead atoms. The maximum Gasteiger partial charge on any atom is 0.300 e. The summed E-state index contributed by atoms with van der Waals surface area (Å²) in [5, 5.41) is 11.9. The van der Waals surface area contributed by atoms with Crippen molar-refractivity contribution in [2.75, 3.05) is 33.3 Å². The highest BCUT2D eigenvalue weighted by molar-refractivity contribution is 6.52. The smallest absolute Gasteiger partial charge is 0.300 e. The lowest BCUT2D eigenvalue weighted by Crippen LogP contribution is -2.30. The van der Waals surface area contributed by atoms with Gasteiger partial charge in [-0.05, 0) is 54.4 Å². The average Bonchev–Trinajstić information content (AvgIpc) is 3.18. The van der Waals surface area contributed by atoms with E-state index >= 15 is 0 Å². The number of hydrogen-bond acceptors (Lipinski definition) is 7. The lowest BCUT2D eigenvalue weighted by molar-refractivity contribution is -0.132. The number of aliphatic hydroxyl groups excluding tert-OH is 1. The molecule has 1 N–H and O–H groups in total. The van der Waals surface area contributed by atoms with Gasteiger partial charge >= 0.3 is 0 Å². The minimum Gasteiger partial charge on any atom is -0.507 e. The fourth-order valence-electron chi connectivity index (χ4n) is 4.42. The summed E-state index contributed by atoms with van der Waals surface area (Å²) in [7, 11) is 5.94. The number of ether oxygens (including phenoxy) is 4. The maximum atomic E-state index is 13.5. The van der Waals surface area contributed by atoms with Crippen LogP contribution in [0.2, 0.25) is 5.02 Å². The van der Waals surface area contributed by atoms with Gasteiger partial charge in [-0.2, -0.15) is 0 Å². The molecule has 1 saturated heterocycles. The van der Waals surface area contributed by atoms with E-state index in [1.807, 2.05) is 0 Å². The molecule has 1 aliphatic rings. The van der Waals surface area contributed by atoms with Gasteiger partial charge in [0, 0.05) is 16.8 Å². The van der Waals surface area contributed by atoms with Crippen LogP contribution in [0.3, 0.4) is 0 Å². The van der Waals surface area contributed by atoms with Gasteiger partial charge in [0.15, 0.2) is 11.5 Å². The third-order valence-electron chi connectivity index (χ3n) is 6.33. The van der Waals surface area contributed by atoms with Gasteiger partial charge in [-0.3, -0.25) is 14.5 Å². The summed E-state index contributed by atoms with van der Waals surface area (Å²) in [6.07, 6.45) is 0. The van der Waals surface area contributed by atoms with Crippen molar-refractivity contribution in [3.8, 4) is 23.0 Å². The van der Waals surface area contributed by atoms with Crippen molar-refractivity contribution in [2.45, 2.75) is 13.0 Å². The lowest BCUT2D eigenvalue weighted by Gasteiger charge is -2.27. The van der Waals surface area contributed by atoms with Crippen LogP contribution in [0.1, 0.15) is 22.7 Å². The van der Waals surface area contributed by atoms with Crippen molar-refractivity contribution in [1.82, 2.24) is 0 Å². The monoisotopic (exact) mass is 523 g/mol. The fraction of sp³-hybridized carbons (Fsp3) is 0.214. The van der Waals surface area contributed by atoms with Crippen LogP contribution in [0.15, 0.2) is 60.2 Å². The van der Waals surface area contributed by atoms with Gasteiger partial charge < -0.3 is 24.1 Å². The minimum atomic E-state index is -0.996. The first kappa shape index (κ1) is 25.9. The molecule has 0 aromatic heterocycles. The van der Waals surface area contributed by atoms with Gasteiger partial charge in [0.1, 0.15) is 17.3 Å². The predicted molar refractivity (Wildman–Crippen MR) is 140 cm³/mol. The normalized spacial score (nSPS) is 16.6. The van der Waals surface area contributed by atoms with E-state index in [1.54, 1.807) is 61.5 Å². The first-order valence-corrected chi connectivity index (χ1v) is 11.7. The molecule has 192 valence electrons. The molecule has 8 nitrogen and oxygen atoms in total. The summed E-state index contributed by atoms with van der Waals surface area (Å²) in [4.78, 5) is 28.4. The van der Waals surface area contributed by atoms with Gasteiger partial charge in [0.2, 0.25) is 0 Å². The highest BCUT2D eigenvalue weighted by Crippen LogP contribution is 2.46. The van der Waals surface area contributed by atoms with Crippen LogP contribution in [0, 0.1) is 6.92 Å². The number of ketones is 1. The summed E-state index contributed by atoms with van der Waals surface area (Å²) < 4.78 is 21.5. The lowest BCUT2D eigenvalue weighted by atomic mass is 9.94. The van der Waals surface area contributed by atoms with Gasteiger partial charge in [-0.15, -0.1) is 0 Å². The van der Waals surface area contributed by atoms with Crippen molar-refractivity contribution in [2.24, 2.45) is 0 Å². The Kier molecular flexibility index (Phi) is 7.31. The zero-order valence-corrected chi connectivity index (χ0v) is 21.8. The molecule has 3 aromatic carbocycles. The molecule has 37 heavy (non-hydrogen) atoms. The second-order valence-corrected chi connectivity index (χ2v) is 8.64. The van der Waals surface area contributed by atoms with E-state index in [9.17, 15) is 14.7 Å². The maximum absolute atomic E-state index is 13.5. The number of anilines is 1. The average molecular weight is 524 g/mol. The van der Waals surface area contributed by atoms with E-state index in [-0.39, 0.29) is 22.6 Å². The fourth-order valence-corrected chi connectivity index (χ4v) is 4.59. The molecule has 0 radical (unpaired) electrons. The number of benzene rings is 3. The molecule has 0 saturated carbocycles. The van der Waals surface area contributed by atoms with Crippen molar-refractivity contribution in [1.29, 1.82) is 0 Å². The van der Waals surface area contributed by atoms with Gasteiger partial charge in [-0.25, -0.2) is 0 Å². The van der Waals surface area contributed by atoms with E-state index in [2.05, 4.69) is 0 Å². The molecule has 4 rings (SSSR count). The number of rotatable bonds is 7. The van der Waals surface area contributed by atoms with E-state index in [4.69, 9.17) is 30.5 Å². The summed E-state index contributed by atoms with van der Waals surface area (Å²) in [5.74, 6) is -0.407. The van der Waals surface area contributed by atoms with Crippen molar-refractivity contribution >= 4 is 34.7 Å². The van der Waals surface area contributed by atoms with Crippen LogP contribution in [0.4, 0.5) is 5.69 Å². The Morgan fingerprint density at radius 2 is 1.57 bits per heavy atom. The SMILES string of the molecule is COc1ccc(/C(O)=C2\C(=O)C(=O)N(c3cccc(Cl)c3C)C2c2ccc(OC)c(OC)c2)c(OC)c1. The number of halogens is 1. The van der Waals surface area contributed by atoms with E-state index in [0.29, 0.717) is 39.1 Å². The summed E-state index contributed by atoms with van der Waals surface area (Å²) in [6, 6.07) is 13.9. The Labute approximate surface area is 219 Å². The number of methoxy groups -OCH3 is 4.